The SMILES string of the molecule is O=C1C(O)=C(O)C(=O)c2c(O)c3c(c(O)c21)CCO3. The summed E-state index contributed by atoms with van der Waals surface area (Å²) < 4.78 is 5.09. The number of hydrogen-bond donors (Lipinski definition) is 4. The fraction of sp³-hybridized carbons (Fsp3) is 0.167. The largest absolute Gasteiger partial charge is 0.507 e. The van der Waals surface area contributed by atoms with E-state index in [4.69, 9.17) is 4.74 Å². The van der Waals surface area contributed by atoms with E-state index in [1.54, 1.807) is 0 Å². The Balaban J connectivity index is 2.43. The van der Waals surface area contributed by atoms with Crippen LogP contribution < -0.4 is 4.74 Å². The van der Waals surface area contributed by atoms with Gasteiger partial charge in [0.25, 0.3) is 0 Å². The summed E-state index contributed by atoms with van der Waals surface area (Å²) in [5.41, 5.74) is -0.868. The zero-order chi connectivity index (χ0) is 13.9. The molecule has 4 N–H and O–H groups in total. The second kappa shape index (κ2) is 3.41. The first-order chi connectivity index (χ1) is 8.95. The third-order valence-electron chi connectivity index (χ3n) is 3.21. The van der Waals surface area contributed by atoms with Crippen molar-refractivity contribution in [2.45, 2.75) is 6.42 Å². The van der Waals surface area contributed by atoms with Crippen molar-refractivity contribution in [3.63, 3.8) is 0 Å². The van der Waals surface area contributed by atoms with Crippen molar-refractivity contribution in [1.29, 1.82) is 0 Å². The van der Waals surface area contributed by atoms with Crippen molar-refractivity contribution in [1.82, 2.24) is 0 Å². The van der Waals surface area contributed by atoms with E-state index in [-0.39, 0.29) is 24.3 Å². The number of phenols is 2. The Kier molecular flexibility index (Phi) is 2.04. The van der Waals surface area contributed by atoms with E-state index in [2.05, 4.69) is 0 Å². The van der Waals surface area contributed by atoms with E-state index in [1.165, 1.54) is 0 Å². The van der Waals surface area contributed by atoms with Crippen LogP contribution in [0.5, 0.6) is 17.2 Å². The molecule has 0 saturated heterocycles. The van der Waals surface area contributed by atoms with Crippen molar-refractivity contribution >= 4 is 11.6 Å². The first kappa shape index (κ1) is 11.4. The predicted molar refractivity (Wildman–Crippen MR) is 59.9 cm³/mol. The van der Waals surface area contributed by atoms with Gasteiger partial charge in [-0.25, -0.2) is 0 Å². The highest BCUT2D eigenvalue weighted by Gasteiger charge is 2.41. The standard InChI is InChI=1S/C12H8O7/c13-6-3-1-2-19-12(3)9(16)5-4(6)7(14)10(17)11(18)8(5)15/h13,16-18H,1-2H2. The first-order valence-electron chi connectivity index (χ1n) is 5.40. The van der Waals surface area contributed by atoms with Crippen LogP contribution in [-0.2, 0) is 6.42 Å². The van der Waals surface area contributed by atoms with Gasteiger partial charge in [-0.1, -0.05) is 0 Å². The summed E-state index contributed by atoms with van der Waals surface area (Å²) >= 11 is 0. The van der Waals surface area contributed by atoms with Gasteiger partial charge in [0.2, 0.25) is 23.1 Å². The van der Waals surface area contributed by atoms with Crippen molar-refractivity contribution in [2.24, 2.45) is 0 Å². The van der Waals surface area contributed by atoms with Crippen molar-refractivity contribution in [3.05, 3.63) is 28.2 Å². The summed E-state index contributed by atoms with van der Waals surface area (Å²) in [6.07, 6.45) is 0.264. The van der Waals surface area contributed by atoms with Gasteiger partial charge in [-0.3, -0.25) is 9.59 Å². The molecule has 0 saturated carbocycles. The molecule has 1 aromatic carbocycles. The Hall–Kier alpha value is -2.70. The molecule has 7 heteroatoms. The summed E-state index contributed by atoms with van der Waals surface area (Å²) in [6.45, 7) is 0.188. The van der Waals surface area contributed by atoms with Crippen LogP contribution in [0.15, 0.2) is 11.5 Å². The lowest BCUT2D eigenvalue weighted by molar-refractivity contribution is 0.0875. The van der Waals surface area contributed by atoms with Gasteiger partial charge in [0, 0.05) is 12.0 Å². The molecule has 2 aliphatic rings. The van der Waals surface area contributed by atoms with Crippen LogP contribution in [0.3, 0.4) is 0 Å². The van der Waals surface area contributed by atoms with Crippen LogP contribution in [0.2, 0.25) is 0 Å². The van der Waals surface area contributed by atoms with E-state index in [1.807, 2.05) is 0 Å². The monoisotopic (exact) mass is 264 g/mol. The number of ether oxygens (including phenoxy) is 1. The number of carbonyl (C=O) groups is 2. The van der Waals surface area contributed by atoms with E-state index in [9.17, 15) is 30.0 Å². The number of ketones is 2. The lowest BCUT2D eigenvalue weighted by Gasteiger charge is -2.18. The van der Waals surface area contributed by atoms with E-state index >= 15 is 0 Å². The summed E-state index contributed by atoms with van der Waals surface area (Å²) in [7, 11) is 0. The molecular formula is C12H8O7. The van der Waals surface area contributed by atoms with Crippen molar-refractivity contribution < 1.29 is 34.8 Å². The van der Waals surface area contributed by atoms with Crippen molar-refractivity contribution in [3.8, 4) is 17.2 Å². The molecule has 7 nitrogen and oxygen atoms in total. The molecule has 0 amide bonds. The van der Waals surface area contributed by atoms with Crippen LogP contribution in [0, 0.1) is 0 Å². The maximum absolute atomic E-state index is 11.8. The topological polar surface area (TPSA) is 124 Å². The first-order valence-corrected chi connectivity index (χ1v) is 5.40. The van der Waals surface area contributed by atoms with E-state index < -0.39 is 45.7 Å². The van der Waals surface area contributed by atoms with Gasteiger partial charge >= 0.3 is 0 Å². The van der Waals surface area contributed by atoms with Crippen LogP contribution in [-0.4, -0.2) is 38.6 Å². The second-order valence-corrected chi connectivity index (χ2v) is 4.21. The average molecular weight is 264 g/mol. The maximum Gasteiger partial charge on any atom is 0.236 e. The predicted octanol–water partition coefficient (Wildman–Crippen LogP) is 0.739. The van der Waals surface area contributed by atoms with Crippen LogP contribution >= 0.6 is 0 Å². The third-order valence-corrected chi connectivity index (χ3v) is 3.21. The molecule has 0 aromatic heterocycles. The number of aliphatic hydroxyl groups excluding tert-OH is 2. The molecular weight excluding hydrogens is 256 g/mol. The van der Waals surface area contributed by atoms with Gasteiger partial charge in [-0.05, 0) is 0 Å². The Bertz CT molecular complexity index is 627. The number of rotatable bonds is 0. The van der Waals surface area contributed by atoms with Gasteiger partial charge in [-0.2, -0.15) is 0 Å². The van der Waals surface area contributed by atoms with Crippen LogP contribution in [0.1, 0.15) is 26.3 Å². The number of Topliss-reactive ketones (excluding diaryl/α,β-unsaturated/α-hetero) is 2. The van der Waals surface area contributed by atoms with Gasteiger partial charge in [0.15, 0.2) is 11.5 Å². The van der Waals surface area contributed by atoms with Gasteiger partial charge in [-0.15, -0.1) is 0 Å². The van der Waals surface area contributed by atoms with E-state index in [0.29, 0.717) is 0 Å². The van der Waals surface area contributed by atoms with Crippen molar-refractivity contribution in [2.75, 3.05) is 6.61 Å². The fourth-order valence-corrected chi connectivity index (χ4v) is 2.29. The average Bonchev–Trinajstić information content (AvgIpc) is 2.87. The Morgan fingerprint density at radius 1 is 0.842 bits per heavy atom. The Morgan fingerprint density at radius 2 is 1.37 bits per heavy atom. The molecule has 19 heavy (non-hydrogen) atoms. The number of aromatic hydroxyl groups is 2. The second-order valence-electron chi connectivity index (χ2n) is 4.21. The number of carbonyl (C=O) groups excluding carboxylic acids is 2. The third kappa shape index (κ3) is 1.21. The highest BCUT2D eigenvalue weighted by molar-refractivity contribution is 6.27. The molecule has 1 aliphatic heterocycles. The zero-order valence-corrected chi connectivity index (χ0v) is 9.43. The summed E-state index contributed by atoms with van der Waals surface area (Å²) in [6, 6.07) is 0. The molecule has 1 aliphatic carbocycles. The molecule has 0 spiro atoms. The molecule has 0 bridgehead atoms. The summed E-state index contributed by atoms with van der Waals surface area (Å²) in [5.74, 6) is -5.77. The number of aliphatic hydroxyl groups is 2. The highest BCUT2D eigenvalue weighted by atomic mass is 16.5. The molecule has 1 aromatic rings. The molecule has 0 radical (unpaired) electrons. The number of hydrogen-bond acceptors (Lipinski definition) is 7. The lowest BCUT2D eigenvalue weighted by atomic mass is 9.88. The molecule has 0 unspecified atom stereocenters. The fourth-order valence-electron chi connectivity index (χ4n) is 2.29. The van der Waals surface area contributed by atoms with Gasteiger partial charge < -0.3 is 25.2 Å². The van der Waals surface area contributed by atoms with Crippen LogP contribution in [0.4, 0.5) is 0 Å². The zero-order valence-electron chi connectivity index (χ0n) is 9.43. The molecule has 98 valence electrons. The molecule has 0 atom stereocenters. The maximum atomic E-state index is 11.8. The van der Waals surface area contributed by atoms with E-state index in [0.717, 1.165) is 0 Å². The minimum Gasteiger partial charge on any atom is -0.507 e. The Labute approximate surface area is 106 Å². The number of benzene rings is 1. The highest BCUT2D eigenvalue weighted by Crippen LogP contribution is 2.48. The van der Waals surface area contributed by atoms with Gasteiger partial charge in [0.1, 0.15) is 5.75 Å². The number of phenolic OH excluding ortho intramolecular Hbond substituents is 2. The number of fused-ring (bicyclic) bond motifs is 2. The van der Waals surface area contributed by atoms with Crippen LogP contribution in [0.25, 0.3) is 0 Å². The minimum atomic E-state index is -1.16. The van der Waals surface area contributed by atoms with Gasteiger partial charge in [0.05, 0.1) is 17.7 Å². The minimum absolute atomic E-state index is 0.0772. The smallest absolute Gasteiger partial charge is 0.236 e. The molecule has 1 heterocycles. The normalized spacial score (nSPS) is 17.3. The quantitative estimate of drug-likeness (QED) is 0.509. The lowest BCUT2D eigenvalue weighted by Crippen LogP contribution is -2.22. The molecule has 3 rings (SSSR count). The Morgan fingerprint density at radius 3 is 1.95 bits per heavy atom. The summed E-state index contributed by atoms with van der Waals surface area (Å²) in [4.78, 5) is 23.6. The molecule has 0 fully saturated rings. The number of allylic oxidation sites excluding steroid dienone is 2. The summed E-state index contributed by atoms with van der Waals surface area (Å²) in [5, 5.41) is 38.7.